The van der Waals surface area contributed by atoms with E-state index in [0.29, 0.717) is 42.9 Å². The quantitative estimate of drug-likeness (QED) is 0.541. The zero-order valence-electron chi connectivity index (χ0n) is 12.5. The van der Waals surface area contributed by atoms with Crippen molar-refractivity contribution in [1.82, 2.24) is 14.3 Å². The summed E-state index contributed by atoms with van der Waals surface area (Å²) in [4.78, 5) is 8.27. The van der Waals surface area contributed by atoms with Gasteiger partial charge in [-0.05, 0) is 6.42 Å². The van der Waals surface area contributed by atoms with Crippen molar-refractivity contribution in [2.45, 2.75) is 20.0 Å². The molecule has 0 aliphatic rings. The van der Waals surface area contributed by atoms with Gasteiger partial charge in [0.05, 0.1) is 6.26 Å². The van der Waals surface area contributed by atoms with Crippen LogP contribution in [0.15, 0.2) is 6.07 Å². The molecule has 0 spiro atoms. The van der Waals surface area contributed by atoms with E-state index in [2.05, 4.69) is 15.3 Å². The molecular weight excluding hydrogens is 316 g/mol. The van der Waals surface area contributed by atoms with E-state index < -0.39 is 10.0 Å². The van der Waals surface area contributed by atoms with E-state index in [4.69, 9.17) is 16.3 Å². The van der Waals surface area contributed by atoms with Gasteiger partial charge < -0.3 is 10.1 Å². The minimum absolute atomic E-state index is 0.285. The van der Waals surface area contributed by atoms with Gasteiger partial charge in [0.15, 0.2) is 5.82 Å². The lowest BCUT2D eigenvalue weighted by molar-refractivity contribution is 0.178. The molecule has 7 nitrogen and oxygen atoms in total. The van der Waals surface area contributed by atoms with E-state index in [0.717, 1.165) is 0 Å². The average Bonchev–Trinajstić information content (AvgIpc) is 2.37. The van der Waals surface area contributed by atoms with E-state index in [1.807, 2.05) is 6.92 Å². The molecule has 0 amide bonds. The first-order valence-corrected chi connectivity index (χ1v) is 8.80. The number of hydrogen-bond acceptors (Lipinski definition) is 6. The van der Waals surface area contributed by atoms with Crippen LogP contribution in [0.4, 0.5) is 5.82 Å². The Balaban J connectivity index is 2.49. The molecule has 0 radical (unpaired) electrons. The number of halogens is 1. The summed E-state index contributed by atoms with van der Waals surface area (Å²) in [7, 11) is -1.58. The highest BCUT2D eigenvalue weighted by Gasteiger charge is 2.13. The van der Waals surface area contributed by atoms with Crippen LogP contribution in [0.5, 0.6) is 0 Å². The summed E-state index contributed by atoms with van der Waals surface area (Å²) in [5, 5.41) is 3.44. The molecule has 1 heterocycles. The highest BCUT2D eigenvalue weighted by atomic mass is 35.5. The van der Waals surface area contributed by atoms with Gasteiger partial charge in [-0.2, -0.15) is 0 Å². The third kappa shape index (κ3) is 6.56. The Morgan fingerprint density at radius 3 is 2.71 bits per heavy atom. The number of nitrogens with one attached hydrogen (secondary N) is 1. The van der Waals surface area contributed by atoms with Crippen LogP contribution in [0.1, 0.15) is 19.2 Å². The lowest BCUT2D eigenvalue weighted by Crippen LogP contribution is -2.31. The van der Waals surface area contributed by atoms with Crippen LogP contribution in [0.2, 0.25) is 5.15 Å². The molecule has 1 rings (SSSR count). The molecule has 0 fully saturated rings. The Morgan fingerprint density at radius 2 is 2.14 bits per heavy atom. The van der Waals surface area contributed by atoms with Crippen molar-refractivity contribution < 1.29 is 13.2 Å². The van der Waals surface area contributed by atoms with Crippen molar-refractivity contribution in [2.75, 3.05) is 38.3 Å². The molecule has 0 atom stereocenters. The third-order valence-electron chi connectivity index (χ3n) is 2.73. The van der Waals surface area contributed by atoms with Crippen LogP contribution in [-0.4, -0.2) is 55.7 Å². The topological polar surface area (TPSA) is 84.4 Å². The van der Waals surface area contributed by atoms with Gasteiger partial charge in [-0.3, -0.25) is 0 Å². The molecule has 1 N–H and O–H groups in total. The molecule has 120 valence electrons. The first kappa shape index (κ1) is 18.1. The number of hydrogen-bond donors (Lipinski definition) is 1. The molecule has 1 aromatic rings. The molecular formula is C12H21ClN4O3S. The number of ether oxygens (including phenoxy) is 1. The van der Waals surface area contributed by atoms with Crippen molar-refractivity contribution >= 4 is 27.4 Å². The predicted octanol–water partition coefficient (Wildman–Crippen LogP) is 1.36. The first-order chi connectivity index (χ1) is 9.86. The van der Waals surface area contributed by atoms with Crippen molar-refractivity contribution in [3.63, 3.8) is 0 Å². The summed E-state index contributed by atoms with van der Waals surface area (Å²) >= 11 is 5.90. The Morgan fingerprint density at radius 1 is 1.43 bits per heavy atom. The maximum Gasteiger partial charge on any atom is 0.211 e. The molecule has 0 unspecified atom stereocenters. The number of rotatable bonds is 9. The zero-order chi connectivity index (χ0) is 15.9. The van der Waals surface area contributed by atoms with Gasteiger partial charge in [-0.25, -0.2) is 22.7 Å². The highest BCUT2D eigenvalue weighted by molar-refractivity contribution is 7.88. The minimum Gasteiger partial charge on any atom is -0.377 e. The lowest BCUT2D eigenvalue weighted by Gasteiger charge is -2.17. The molecule has 0 aliphatic heterocycles. The molecule has 0 aromatic carbocycles. The lowest BCUT2D eigenvalue weighted by atomic mass is 10.4. The van der Waals surface area contributed by atoms with Crippen LogP contribution in [-0.2, 0) is 21.4 Å². The van der Waals surface area contributed by atoms with Gasteiger partial charge in [0.1, 0.15) is 17.6 Å². The molecule has 9 heteroatoms. The smallest absolute Gasteiger partial charge is 0.211 e. The fourth-order valence-electron chi connectivity index (χ4n) is 1.78. The van der Waals surface area contributed by atoms with Crippen LogP contribution in [0.3, 0.4) is 0 Å². The van der Waals surface area contributed by atoms with Crippen LogP contribution >= 0.6 is 11.6 Å². The van der Waals surface area contributed by atoms with E-state index in [9.17, 15) is 8.42 Å². The van der Waals surface area contributed by atoms with Gasteiger partial charge in [0.25, 0.3) is 0 Å². The molecule has 1 aromatic heterocycles. The second-order valence-electron chi connectivity index (χ2n) is 4.46. The van der Waals surface area contributed by atoms with Gasteiger partial charge in [0.2, 0.25) is 10.0 Å². The predicted molar refractivity (Wildman–Crippen MR) is 83.0 cm³/mol. The summed E-state index contributed by atoms with van der Waals surface area (Å²) in [6.45, 7) is 3.62. The van der Waals surface area contributed by atoms with Gasteiger partial charge in [-0.15, -0.1) is 0 Å². The molecule has 0 aliphatic carbocycles. The summed E-state index contributed by atoms with van der Waals surface area (Å²) in [5.41, 5.74) is 0. The molecule has 21 heavy (non-hydrogen) atoms. The van der Waals surface area contributed by atoms with Gasteiger partial charge in [-0.1, -0.05) is 18.5 Å². The molecule has 0 saturated heterocycles. The summed E-state index contributed by atoms with van der Waals surface area (Å²) in [6, 6.07) is 1.62. The van der Waals surface area contributed by atoms with E-state index in [1.54, 1.807) is 13.2 Å². The maximum atomic E-state index is 11.4. The largest absolute Gasteiger partial charge is 0.377 e. The van der Waals surface area contributed by atoms with E-state index in [-0.39, 0.29) is 6.61 Å². The Kier molecular flexibility index (Phi) is 7.30. The van der Waals surface area contributed by atoms with Gasteiger partial charge >= 0.3 is 0 Å². The fourth-order valence-corrected chi connectivity index (χ4v) is 2.91. The summed E-state index contributed by atoms with van der Waals surface area (Å²) in [6.07, 6.45) is 1.88. The standard InChI is InChI=1S/C12H21ClN4O3S/c1-4-17(21(3,18)19)7-5-6-14-11-8-10(13)15-12(16-11)9-20-2/h8H,4-7,9H2,1-3H3,(H,14,15,16). The second-order valence-corrected chi connectivity index (χ2v) is 6.83. The molecule has 0 bridgehead atoms. The fraction of sp³-hybridized carbons (Fsp3) is 0.667. The van der Waals surface area contributed by atoms with Crippen LogP contribution in [0, 0.1) is 0 Å². The van der Waals surface area contributed by atoms with Crippen molar-refractivity contribution in [3.05, 3.63) is 17.0 Å². The Labute approximate surface area is 130 Å². The Bertz CT molecular complexity index is 553. The highest BCUT2D eigenvalue weighted by Crippen LogP contribution is 2.12. The Hall–Kier alpha value is -0.960. The van der Waals surface area contributed by atoms with Crippen molar-refractivity contribution in [3.8, 4) is 0 Å². The number of anilines is 1. The van der Waals surface area contributed by atoms with E-state index >= 15 is 0 Å². The monoisotopic (exact) mass is 336 g/mol. The minimum atomic E-state index is -3.14. The van der Waals surface area contributed by atoms with Crippen LogP contribution < -0.4 is 5.32 Å². The molecule has 0 saturated carbocycles. The SMILES string of the molecule is CCN(CCCNc1cc(Cl)nc(COC)n1)S(C)(=O)=O. The average molecular weight is 337 g/mol. The van der Waals surface area contributed by atoms with Gasteiger partial charge in [0, 0.05) is 32.8 Å². The zero-order valence-corrected chi connectivity index (χ0v) is 14.0. The van der Waals surface area contributed by atoms with Crippen molar-refractivity contribution in [1.29, 1.82) is 0 Å². The normalized spacial score (nSPS) is 11.9. The van der Waals surface area contributed by atoms with Crippen LogP contribution in [0.25, 0.3) is 0 Å². The number of sulfonamides is 1. The third-order valence-corrected chi connectivity index (χ3v) is 4.30. The van der Waals surface area contributed by atoms with E-state index in [1.165, 1.54) is 10.6 Å². The number of methoxy groups -OCH3 is 1. The second kappa shape index (κ2) is 8.47. The number of nitrogens with zero attached hydrogens (tertiary/aromatic N) is 3. The van der Waals surface area contributed by atoms with Crippen molar-refractivity contribution in [2.24, 2.45) is 0 Å². The summed E-state index contributed by atoms with van der Waals surface area (Å²) in [5.74, 6) is 1.10. The maximum absolute atomic E-state index is 11.4. The number of aromatic nitrogens is 2. The first-order valence-electron chi connectivity index (χ1n) is 6.58. The summed E-state index contributed by atoms with van der Waals surface area (Å²) < 4.78 is 29.3.